The van der Waals surface area contributed by atoms with Crippen molar-refractivity contribution >= 4 is 5.91 Å². The molecule has 0 bridgehead atoms. The van der Waals surface area contributed by atoms with Crippen molar-refractivity contribution in [3.05, 3.63) is 65.7 Å². The average molecular weight is 329 g/mol. The largest absolute Gasteiger partial charge is 0.371 e. The zero-order valence-corrected chi connectivity index (χ0v) is 13.3. The highest BCUT2D eigenvalue weighted by atomic mass is 19.1. The standard InChI is InChI=1S/C18H20FN3O2/c19-15-6-4-14(5-7-15)17-12-22(9-10-24-17)13-18(23)21-11-16-3-1-2-8-20-16/h1-8,17H,9-13H2,(H,21,23)/t17-/m1/s1. The molecule has 0 radical (unpaired) electrons. The van der Waals surface area contributed by atoms with Crippen molar-refractivity contribution in [2.24, 2.45) is 0 Å². The van der Waals surface area contributed by atoms with Crippen molar-refractivity contribution in [2.75, 3.05) is 26.2 Å². The number of rotatable bonds is 5. The van der Waals surface area contributed by atoms with E-state index in [9.17, 15) is 9.18 Å². The number of amides is 1. The van der Waals surface area contributed by atoms with Crippen LogP contribution in [0.3, 0.4) is 0 Å². The van der Waals surface area contributed by atoms with E-state index in [4.69, 9.17) is 4.74 Å². The second kappa shape index (κ2) is 7.99. The number of halogens is 1. The van der Waals surface area contributed by atoms with E-state index in [0.29, 0.717) is 32.8 Å². The maximum absolute atomic E-state index is 13.0. The number of hydrogen-bond acceptors (Lipinski definition) is 4. The molecule has 1 aromatic carbocycles. The molecule has 1 aliphatic rings. The van der Waals surface area contributed by atoms with Gasteiger partial charge in [0.2, 0.25) is 5.91 Å². The van der Waals surface area contributed by atoms with E-state index in [1.165, 1.54) is 12.1 Å². The van der Waals surface area contributed by atoms with Gasteiger partial charge < -0.3 is 10.1 Å². The fourth-order valence-electron chi connectivity index (χ4n) is 2.68. The predicted molar refractivity (Wildman–Crippen MR) is 87.6 cm³/mol. The maximum Gasteiger partial charge on any atom is 0.234 e. The van der Waals surface area contributed by atoms with E-state index in [2.05, 4.69) is 10.3 Å². The zero-order valence-electron chi connectivity index (χ0n) is 13.3. The molecule has 0 spiro atoms. The number of aromatic nitrogens is 1. The number of hydrogen-bond donors (Lipinski definition) is 1. The van der Waals surface area contributed by atoms with E-state index in [1.807, 2.05) is 23.1 Å². The third kappa shape index (κ3) is 4.59. The summed E-state index contributed by atoms with van der Waals surface area (Å²) in [6, 6.07) is 11.9. The normalized spacial score (nSPS) is 18.3. The van der Waals surface area contributed by atoms with Gasteiger partial charge in [0.05, 0.1) is 31.5 Å². The summed E-state index contributed by atoms with van der Waals surface area (Å²) < 4.78 is 18.8. The van der Waals surface area contributed by atoms with Gasteiger partial charge in [-0.2, -0.15) is 0 Å². The molecule has 1 atom stereocenters. The lowest BCUT2D eigenvalue weighted by atomic mass is 10.1. The molecule has 1 aliphatic heterocycles. The van der Waals surface area contributed by atoms with Gasteiger partial charge in [0.1, 0.15) is 5.82 Å². The van der Waals surface area contributed by atoms with E-state index < -0.39 is 0 Å². The van der Waals surface area contributed by atoms with E-state index in [0.717, 1.165) is 11.3 Å². The fraction of sp³-hybridized carbons (Fsp3) is 0.333. The first-order chi connectivity index (χ1) is 11.7. The lowest BCUT2D eigenvalue weighted by molar-refractivity contribution is -0.124. The Kier molecular flexibility index (Phi) is 5.51. The maximum atomic E-state index is 13.0. The molecular formula is C18H20FN3O2. The Labute approximate surface area is 140 Å². The monoisotopic (exact) mass is 329 g/mol. The van der Waals surface area contributed by atoms with Crippen molar-refractivity contribution in [1.82, 2.24) is 15.2 Å². The number of morpholine rings is 1. The molecular weight excluding hydrogens is 309 g/mol. The first-order valence-corrected chi connectivity index (χ1v) is 7.97. The average Bonchev–Trinajstić information content (AvgIpc) is 2.62. The molecule has 1 N–H and O–H groups in total. The molecule has 1 fully saturated rings. The highest BCUT2D eigenvalue weighted by molar-refractivity contribution is 5.77. The van der Waals surface area contributed by atoms with Crippen LogP contribution in [0.5, 0.6) is 0 Å². The molecule has 2 heterocycles. The SMILES string of the molecule is O=C(CN1CCO[C@@H](c2ccc(F)cc2)C1)NCc1ccccn1. The van der Waals surface area contributed by atoms with Gasteiger partial charge in [0.15, 0.2) is 0 Å². The molecule has 2 aromatic rings. The summed E-state index contributed by atoms with van der Waals surface area (Å²) >= 11 is 0. The zero-order chi connectivity index (χ0) is 16.8. The third-order valence-corrected chi connectivity index (χ3v) is 3.95. The van der Waals surface area contributed by atoms with Crippen molar-refractivity contribution in [3.8, 4) is 0 Å². The Hall–Kier alpha value is -2.31. The van der Waals surface area contributed by atoms with Crippen molar-refractivity contribution < 1.29 is 13.9 Å². The fourth-order valence-corrected chi connectivity index (χ4v) is 2.68. The minimum Gasteiger partial charge on any atom is -0.371 e. The lowest BCUT2D eigenvalue weighted by Crippen LogP contribution is -2.44. The minimum atomic E-state index is -0.264. The summed E-state index contributed by atoms with van der Waals surface area (Å²) in [4.78, 5) is 18.3. The van der Waals surface area contributed by atoms with Crippen LogP contribution in [-0.4, -0.2) is 42.0 Å². The van der Waals surface area contributed by atoms with Gasteiger partial charge in [0.25, 0.3) is 0 Å². The Bertz CT molecular complexity index is 664. The molecule has 0 saturated carbocycles. The summed E-state index contributed by atoms with van der Waals surface area (Å²) in [7, 11) is 0. The number of carbonyl (C=O) groups excluding carboxylic acids is 1. The Morgan fingerprint density at radius 1 is 1.29 bits per heavy atom. The van der Waals surface area contributed by atoms with Gasteiger partial charge in [0, 0.05) is 19.3 Å². The Morgan fingerprint density at radius 2 is 2.12 bits per heavy atom. The van der Waals surface area contributed by atoms with Crippen LogP contribution in [0.25, 0.3) is 0 Å². The third-order valence-electron chi connectivity index (χ3n) is 3.95. The highest BCUT2D eigenvalue weighted by Crippen LogP contribution is 2.22. The predicted octanol–water partition coefficient (Wildman–Crippen LogP) is 1.91. The van der Waals surface area contributed by atoms with Crippen LogP contribution in [0.15, 0.2) is 48.7 Å². The van der Waals surface area contributed by atoms with Gasteiger partial charge in [-0.1, -0.05) is 18.2 Å². The minimum absolute atomic E-state index is 0.0413. The van der Waals surface area contributed by atoms with Crippen LogP contribution in [0.1, 0.15) is 17.4 Å². The first kappa shape index (κ1) is 16.5. The van der Waals surface area contributed by atoms with Crippen LogP contribution in [0, 0.1) is 5.82 Å². The second-order valence-corrected chi connectivity index (χ2v) is 5.74. The number of carbonyl (C=O) groups is 1. The number of ether oxygens (including phenoxy) is 1. The molecule has 3 rings (SSSR count). The second-order valence-electron chi connectivity index (χ2n) is 5.74. The molecule has 0 unspecified atom stereocenters. The number of pyridine rings is 1. The van der Waals surface area contributed by atoms with Crippen LogP contribution in [-0.2, 0) is 16.1 Å². The molecule has 0 aliphatic carbocycles. The van der Waals surface area contributed by atoms with Gasteiger partial charge in [-0.25, -0.2) is 4.39 Å². The van der Waals surface area contributed by atoms with Crippen molar-refractivity contribution in [1.29, 1.82) is 0 Å². The molecule has 126 valence electrons. The van der Waals surface area contributed by atoms with E-state index in [1.54, 1.807) is 18.3 Å². The van der Waals surface area contributed by atoms with Crippen LogP contribution in [0.2, 0.25) is 0 Å². The molecule has 24 heavy (non-hydrogen) atoms. The Balaban J connectivity index is 1.49. The number of nitrogens with one attached hydrogen (secondary N) is 1. The smallest absolute Gasteiger partial charge is 0.234 e. The quantitative estimate of drug-likeness (QED) is 0.910. The van der Waals surface area contributed by atoms with Crippen LogP contribution >= 0.6 is 0 Å². The van der Waals surface area contributed by atoms with Crippen molar-refractivity contribution in [2.45, 2.75) is 12.6 Å². The van der Waals surface area contributed by atoms with Gasteiger partial charge >= 0.3 is 0 Å². The Morgan fingerprint density at radius 3 is 2.88 bits per heavy atom. The summed E-state index contributed by atoms with van der Waals surface area (Å²) in [5.41, 5.74) is 1.76. The summed E-state index contributed by atoms with van der Waals surface area (Å²) in [6.07, 6.45) is 1.57. The number of nitrogens with zero attached hydrogens (tertiary/aromatic N) is 2. The van der Waals surface area contributed by atoms with Crippen LogP contribution < -0.4 is 5.32 Å². The summed E-state index contributed by atoms with van der Waals surface area (Å²) in [5.74, 6) is -0.305. The van der Waals surface area contributed by atoms with Gasteiger partial charge in [-0.15, -0.1) is 0 Å². The highest BCUT2D eigenvalue weighted by Gasteiger charge is 2.23. The summed E-state index contributed by atoms with van der Waals surface area (Å²) in [6.45, 7) is 2.60. The topological polar surface area (TPSA) is 54.5 Å². The summed E-state index contributed by atoms with van der Waals surface area (Å²) in [5, 5.41) is 2.87. The molecule has 1 amide bonds. The van der Waals surface area contributed by atoms with Gasteiger partial charge in [-0.05, 0) is 29.8 Å². The molecule has 1 aromatic heterocycles. The van der Waals surface area contributed by atoms with Crippen molar-refractivity contribution in [3.63, 3.8) is 0 Å². The van der Waals surface area contributed by atoms with E-state index in [-0.39, 0.29) is 17.8 Å². The van der Waals surface area contributed by atoms with E-state index >= 15 is 0 Å². The lowest BCUT2D eigenvalue weighted by Gasteiger charge is -2.32. The first-order valence-electron chi connectivity index (χ1n) is 7.97. The molecule has 1 saturated heterocycles. The molecule has 6 heteroatoms. The number of benzene rings is 1. The van der Waals surface area contributed by atoms with Gasteiger partial charge in [-0.3, -0.25) is 14.7 Å². The molecule has 5 nitrogen and oxygen atoms in total. The van der Waals surface area contributed by atoms with Crippen LogP contribution in [0.4, 0.5) is 4.39 Å².